The third kappa shape index (κ3) is 2.37. The number of aromatic nitrogens is 1. The standard InChI is InChI=1S/C16H21NO2/c1-5-6-9(2)15-11(4)13-7-10(3)12(16(18)19)8-14(13)17-15/h7-9,17H,5-6H2,1-4H3,(H,18,19). The van der Waals surface area contributed by atoms with Crippen molar-refractivity contribution in [2.45, 2.75) is 46.5 Å². The second-order valence-corrected chi connectivity index (χ2v) is 5.37. The Balaban J connectivity index is 2.60. The van der Waals surface area contributed by atoms with Gasteiger partial charge in [-0.15, -0.1) is 0 Å². The number of rotatable bonds is 4. The second-order valence-electron chi connectivity index (χ2n) is 5.37. The number of fused-ring (bicyclic) bond motifs is 1. The van der Waals surface area contributed by atoms with Crippen LogP contribution in [0.1, 0.15) is 59.8 Å². The lowest BCUT2D eigenvalue weighted by Crippen LogP contribution is -1.99. The molecule has 0 saturated carbocycles. The normalized spacial score (nSPS) is 12.8. The molecule has 2 rings (SSSR count). The summed E-state index contributed by atoms with van der Waals surface area (Å²) < 4.78 is 0. The van der Waals surface area contributed by atoms with Crippen LogP contribution in [0, 0.1) is 13.8 Å². The summed E-state index contributed by atoms with van der Waals surface area (Å²) >= 11 is 0. The fraction of sp³-hybridized carbons (Fsp3) is 0.438. The van der Waals surface area contributed by atoms with Crippen molar-refractivity contribution in [1.29, 1.82) is 0 Å². The van der Waals surface area contributed by atoms with Crippen LogP contribution in [0.5, 0.6) is 0 Å². The first-order chi connectivity index (χ1) is 8.95. The van der Waals surface area contributed by atoms with E-state index in [1.807, 2.05) is 13.0 Å². The Bertz CT molecular complexity index is 625. The van der Waals surface area contributed by atoms with Crippen LogP contribution in [0.4, 0.5) is 0 Å². The van der Waals surface area contributed by atoms with E-state index in [0.29, 0.717) is 11.5 Å². The molecule has 19 heavy (non-hydrogen) atoms. The molecule has 0 fully saturated rings. The minimum absolute atomic E-state index is 0.378. The summed E-state index contributed by atoms with van der Waals surface area (Å²) in [5.41, 5.74) is 4.61. The van der Waals surface area contributed by atoms with Crippen molar-refractivity contribution < 1.29 is 9.90 Å². The zero-order valence-corrected chi connectivity index (χ0v) is 12.0. The summed E-state index contributed by atoms with van der Waals surface area (Å²) in [5, 5.41) is 10.3. The Morgan fingerprint density at radius 2 is 2.05 bits per heavy atom. The maximum absolute atomic E-state index is 11.2. The Morgan fingerprint density at radius 3 is 2.63 bits per heavy atom. The van der Waals surface area contributed by atoms with Crippen LogP contribution in [-0.2, 0) is 0 Å². The Kier molecular flexibility index (Phi) is 3.65. The lowest BCUT2D eigenvalue weighted by Gasteiger charge is -2.09. The van der Waals surface area contributed by atoms with Crippen molar-refractivity contribution >= 4 is 16.9 Å². The summed E-state index contributed by atoms with van der Waals surface area (Å²) in [6, 6.07) is 3.73. The van der Waals surface area contributed by atoms with Crippen molar-refractivity contribution in [1.82, 2.24) is 4.98 Å². The zero-order chi connectivity index (χ0) is 14.2. The van der Waals surface area contributed by atoms with Gasteiger partial charge in [-0.1, -0.05) is 20.3 Å². The molecular weight excluding hydrogens is 238 g/mol. The largest absolute Gasteiger partial charge is 0.478 e. The van der Waals surface area contributed by atoms with Crippen LogP contribution >= 0.6 is 0 Å². The maximum Gasteiger partial charge on any atom is 0.336 e. The molecule has 0 saturated heterocycles. The Hall–Kier alpha value is -1.77. The van der Waals surface area contributed by atoms with E-state index in [2.05, 4.69) is 25.8 Å². The van der Waals surface area contributed by atoms with E-state index in [1.54, 1.807) is 6.07 Å². The number of aromatic amines is 1. The molecule has 1 unspecified atom stereocenters. The van der Waals surface area contributed by atoms with Crippen molar-refractivity contribution in [3.8, 4) is 0 Å². The van der Waals surface area contributed by atoms with Crippen molar-refractivity contribution in [3.05, 3.63) is 34.5 Å². The molecule has 0 radical (unpaired) electrons. The molecule has 0 spiro atoms. The first-order valence-corrected chi connectivity index (χ1v) is 6.81. The summed E-state index contributed by atoms with van der Waals surface area (Å²) in [5.74, 6) is -0.388. The summed E-state index contributed by atoms with van der Waals surface area (Å²) in [6.45, 7) is 8.36. The van der Waals surface area contributed by atoms with Gasteiger partial charge in [0.1, 0.15) is 0 Å². The van der Waals surface area contributed by atoms with Crippen LogP contribution in [0.25, 0.3) is 10.9 Å². The van der Waals surface area contributed by atoms with Gasteiger partial charge in [-0.3, -0.25) is 0 Å². The van der Waals surface area contributed by atoms with Gasteiger partial charge in [0.2, 0.25) is 0 Å². The first-order valence-electron chi connectivity index (χ1n) is 6.81. The van der Waals surface area contributed by atoms with Crippen molar-refractivity contribution in [2.24, 2.45) is 0 Å². The van der Waals surface area contributed by atoms with Crippen LogP contribution in [0.2, 0.25) is 0 Å². The van der Waals surface area contributed by atoms with Gasteiger partial charge in [0.05, 0.1) is 5.56 Å². The number of carbonyl (C=O) groups is 1. The Morgan fingerprint density at radius 1 is 1.37 bits per heavy atom. The van der Waals surface area contributed by atoms with E-state index in [0.717, 1.165) is 29.3 Å². The molecule has 2 aromatic rings. The molecule has 1 aromatic heterocycles. The highest BCUT2D eigenvalue weighted by Crippen LogP contribution is 2.31. The van der Waals surface area contributed by atoms with E-state index in [4.69, 9.17) is 0 Å². The number of carboxylic acids is 1. The lowest BCUT2D eigenvalue weighted by molar-refractivity contribution is 0.0696. The van der Waals surface area contributed by atoms with Crippen molar-refractivity contribution in [3.63, 3.8) is 0 Å². The highest BCUT2D eigenvalue weighted by atomic mass is 16.4. The van der Waals surface area contributed by atoms with Crippen molar-refractivity contribution in [2.75, 3.05) is 0 Å². The van der Waals surface area contributed by atoms with Gasteiger partial charge in [-0.05, 0) is 49.4 Å². The van der Waals surface area contributed by atoms with E-state index in [1.165, 1.54) is 11.3 Å². The summed E-state index contributed by atoms with van der Waals surface area (Å²) in [6.07, 6.45) is 2.29. The second kappa shape index (κ2) is 5.08. The topological polar surface area (TPSA) is 53.1 Å². The smallest absolute Gasteiger partial charge is 0.336 e. The number of hydrogen-bond acceptors (Lipinski definition) is 1. The predicted molar refractivity (Wildman–Crippen MR) is 78.1 cm³/mol. The fourth-order valence-electron chi connectivity index (χ4n) is 2.81. The SMILES string of the molecule is CCCC(C)c1[nH]c2cc(C(=O)O)c(C)cc2c1C. The van der Waals surface area contributed by atoms with Gasteiger partial charge in [-0.25, -0.2) is 4.79 Å². The number of aryl methyl sites for hydroxylation is 2. The number of carboxylic acid groups (broad SMARTS) is 1. The minimum atomic E-state index is -0.866. The third-order valence-corrected chi connectivity index (χ3v) is 3.89. The minimum Gasteiger partial charge on any atom is -0.478 e. The average molecular weight is 259 g/mol. The van der Waals surface area contributed by atoms with Gasteiger partial charge in [0.25, 0.3) is 0 Å². The summed E-state index contributed by atoms with van der Waals surface area (Å²) in [7, 11) is 0. The molecule has 0 amide bonds. The van der Waals surface area contributed by atoms with Gasteiger partial charge in [0, 0.05) is 16.6 Å². The highest BCUT2D eigenvalue weighted by Gasteiger charge is 2.16. The zero-order valence-electron chi connectivity index (χ0n) is 12.0. The van der Waals surface area contributed by atoms with Crippen LogP contribution in [0.3, 0.4) is 0 Å². The number of hydrogen-bond donors (Lipinski definition) is 2. The Labute approximate surface area is 113 Å². The van der Waals surface area contributed by atoms with Gasteiger partial charge < -0.3 is 10.1 Å². The van der Waals surface area contributed by atoms with Crippen LogP contribution in [0.15, 0.2) is 12.1 Å². The molecule has 1 heterocycles. The maximum atomic E-state index is 11.2. The van der Waals surface area contributed by atoms with E-state index >= 15 is 0 Å². The van der Waals surface area contributed by atoms with E-state index < -0.39 is 5.97 Å². The molecule has 1 aromatic carbocycles. The summed E-state index contributed by atoms with van der Waals surface area (Å²) in [4.78, 5) is 14.6. The molecule has 0 bridgehead atoms. The predicted octanol–water partition coefficient (Wildman–Crippen LogP) is 4.39. The van der Waals surface area contributed by atoms with Crippen LogP contribution in [-0.4, -0.2) is 16.1 Å². The van der Waals surface area contributed by atoms with E-state index in [-0.39, 0.29) is 0 Å². The molecule has 0 aliphatic heterocycles. The van der Waals surface area contributed by atoms with Gasteiger partial charge in [0.15, 0.2) is 0 Å². The number of aromatic carboxylic acids is 1. The van der Waals surface area contributed by atoms with Gasteiger partial charge >= 0.3 is 5.97 Å². The quantitative estimate of drug-likeness (QED) is 0.855. The average Bonchev–Trinajstić information content (AvgIpc) is 2.66. The molecule has 0 aliphatic rings. The van der Waals surface area contributed by atoms with Gasteiger partial charge in [-0.2, -0.15) is 0 Å². The molecule has 1 atom stereocenters. The first kappa shape index (κ1) is 13.7. The monoisotopic (exact) mass is 259 g/mol. The highest BCUT2D eigenvalue weighted by molar-refractivity contribution is 5.96. The molecule has 3 heteroatoms. The molecule has 2 N–H and O–H groups in total. The van der Waals surface area contributed by atoms with Crippen LogP contribution < -0.4 is 0 Å². The number of H-pyrrole nitrogens is 1. The third-order valence-electron chi connectivity index (χ3n) is 3.89. The molecular formula is C16H21NO2. The lowest BCUT2D eigenvalue weighted by atomic mass is 9.97. The number of nitrogens with one attached hydrogen (secondary N) is 1. The van der Waals surface area contributed by atoms with E-state index in [9.17, 15) is 9.90 Å². The fourth-order valence-corrected chi connectivity index (χ4v) is 2.81. The number of benzene rings is 1. The molecule has 0 aliphatic carbocycles. The molecule has 102 valence electrons. The molecule has 3 nitrogen and oxygen atoms in total.